The van der Waals surface area contributed by atoms with Gasteiger partial charge >= 0.3 is 35.5 Å². The summed E-state index contributed by atoms with van der Waals surface area (Å²) in [6.07, 6.45) is 0.403. The first-order valence-corrected chi connectivity index (χ1v) is 9.69. The SMILES string of the molecule is CC(C)c1nc(N(C)C)nc(-c2ccc(F)cc2)c1/C=C/[C@@H](O)CC(O)CC(=O)O.[H-].[Na+]. The summed E-state index contributed by atoms with van der Waals surface area (Å²) in [4.78, 5) is 21.7. The third-order valence-electron chi connectivity index (χ3n) is 4.44. The van der Waals surface area contributed by atoms with Gasteiger partial charge in [-0.05, 0) is 30.2 Å². The molecule has 2 rings (SSSR count). The van der Waals surface area contributed by atoms with Gasteiger partial charge in [-0.1, -0.05) is 26.0 Å². The quantitative estimate of drug-likeness (QED) is 0.477. The summed E-state index contributed by atoms with van der Waals surface area (Å²) in [6.45, 7) is 3.97. The number of carboxylic acid groups (broad SMARTS) is 1. The predicted molar refractivity (Wildman–Crippen MR) is 115 cm³/mol. The molecule has 1 aromatic carbocycles. The van der Waals surface area contributed by atoms with Gasteiger partial charge in [0, 0.05) is 31.6 Å². The largest absolute Gasteiger partial charge is 1.00 e. The molecule has 1 unspecified atom stereocenters. The number of benzene rings is 1. The van der Waals surface area contributed by atoms with Crippen LogP contribution in [0.5, 0.6) is 0 Å². The minimum Gasteiger partial charge on any atom is -1.00 e. The molecular weight excluding hydrogens is 412 g/mol. The fraction of sp³-hybridized carbons (Fsp3) is 0.409. The first kappa shape index (κ1) is 27.2. The van der Waals surface area contributed by atoms with Crippen LogP contribution < -0.4 is 34.5 Å². The zero-order valence-electron chi connectivity index (χ0n) is 19.6. The van der Waals surface area contributed by atoms with Gasteiger partial charge < -0.3 is 21.6 Å². The zero-order chi connectivity index (χ0) is 22.4. The van der Waals surface area contributed by atoms with Gasteiger partial charge in [-0.15, -0.1) is 0 Å². The molecule has 0 radical (unpaired) electrons. The number of nitrogens with zero attached hydrogens (tertiary/aromatic N) is 3. The summed E-state index contributed by atoms with van der Waals surface area (Å²) in [7, 11) is 3.66. The molecule has 0 amide bonds. The molecule has 2 aromatic rings. The van der Waals surface area contributed by atoms with Gasteiger partial charge in [-0.3, -0.25) is 4.79 Å². The van der Waals surface area contributed by atoms with Crippen LogP contribution in [-0.2, 0) is 4.79 Å². The van der Waals surface area contributed by atoms with E-state index in [2.05, 4.69) is 9.97 Å². The number of carboxylic acids is 1. The molecule has 164 valence electrons. The van der Waals surface area contributed by atoms with Crippen molar-refractivity contribution in [3.63, 3.8) is 0 Å². The van der Waals surface area contributed by atoms with Gasteiger partial charge in [0.05, 0.1) is 30.0 Å². The number of hydrogen-bond donors (Lipinski definition) is 3. The number of anilines is 1. The molecule has 0 saturated heterocycles. The average molecular weight is 441 g/mol. The van der Waals surface area contributed by atoms with Crippen LogP contribution in [0.15, 0.2) is 30.3 Å². The van der Waals surface area contributed by atoms with Gasteiger partial charge in [0.25, 0.3) is 0 Å². The third-order valence-corrected chi connectivity index (χ3v) is 4.44. The first-order valence-electron chi connectivity index (χ1n) is 9.69. The minimum atomic E-state index is -1.16. The van der Waals surface area contributed by atoms with E-state index in [1.807, 2.05) is 27.9 Å². The molecular formula is C22H29FN3NaO4. The number of aliphatic hydroxyl groups excluding tert-OH is 2. The molecule has 31 heavy (non-hydrogen) atoms. The standard InChI is InChI=1S/C22H28FN3O4.Na.H/c1-13(2)20-18(10-9-16(27)11-17(28)12-19(29)30)21(25-22(24-20)26(3)4)14-5-7-15(23)8-6-14;;/h5-10,13,16-17,27-28H,11-12H2,1-4H3,(H,29,30);;/q;+1;-1/b10-9+;;/t16-,17?;;/m1../s1. The van der Waals surface area contributed by atoms with E-state index in [9.17, 15) is 19.4 Å². The number of halogens is 1. The van der Waals surface area contributed by atoms with Crippen molar-refractivity contribution in [3.05, 3.63) is 47.4 Å². The van der Waals surface area contributed by atoms with Crippen LogP contribution in [0.4, 0.5) is 10.3 Å². The topological polar surface area (TPSA) is 107 Å². The molecule has 1 heterocycles. The maximum Gasteiger partial charge on any atom is 1.00 e. The van der Waals surface area contributed by atoms with Crippen molar-refractivity contribution in [2.24, 2.45) is 0 Å². The molecule has 0 spiro atoms. The Morgan fingerprint density at radius 3 is 2.32 bits per heavy atom. The third kappa shape index (κ3) is 7.97. The van der Waals surface area contributed by atoms with Crippen molar-refractivity contribution in [1.82, 2.24) is 9.97 Å². The molecule has 0 aliphatic heterocycles. The Labute approximate surface area is 205 Å². The van der Waals surface area contributed by atoms with Crippen LogP contribution in [0.25, 0.3) is 17.3 Å². The number of hydrogen-bond acceptors (Lipinski definition) is 6. The fourth-order valence-corrected chi connectivity index (χ4v) is 2.96. The van der Waals surface area contributed by atoms with Crippen LogP contribution >= 0.6 is 0 Å². The molecule has 2 atom stereocenters. The van der Waals surface area contributed by atoms with E-state index in [0.29, 0.717) is 22.8 Å². The van der Waals surface area contributed by atoms with Gasteiger partial charge in [-0.2, -0.15) is 0 Å². The summed E-state index contributed by atoms with van der Waals surface area (Å²) in [5, 5.41) is 28.7. The van der Waals surface area contributed by atoms with Crippen LogP contribution in [-0.4, -0.2) is 57.6 Å². The van der Waals surface area contributed by atoms with E-state index < -0.39 is 24.6 Å². The van der Waals surface area contributed by atoms with E-state index in [-0.39, 0.29) is 49.1 Å². The van der Waals surface area contributed by atoms with E-state index in [0.717, 1.165) is 5.69 Å². The summed E-state index contributed by atoms with van der Waals surface area (Å²) >= 11 is 0. The maximum atomic E-state index is 13.4. The second-order valence-corrected chi connectivity index (χ2v) is 7.64. The first-order chi connectivity index (χ1) is 14.1. The van der Waals surface area contributed by atoms with Crippen molar-refractivity contribution in [3.8, 4) is 11.3 Å². The summed E-state index contributed by atoms with van der Waals surface area (Å²) in [6, 6.07) is 5.97. The van der Waals surface area contributed by atoms with Gasteiger partial charge in [0.1, 0.15) is 5.82 Å². The molecule has 7 nitrogen and oxygen atoms in total. The molecule has 0 aliphatic carbocycles. The molecule has 9 heteroatoms. The monoisotopic (exact) mass is 441 g/mol. The molecule has 3 N–H and O–H groups in total. The van der Waals surface area contributed by atoms with Crippen LogP contribution in [0.1, 0.15) is 45.3 Å². The Morgan fingerprint density at radius 1 is 1.19 bits per heavy atom. The summed E-state index contributed by atoms with van der Waals surface area (Å²) in [5.41, 5.74) is 2.72. The minimum absolute atomic E-state index is 0. The number of aliphatic carboxylic acids is 1. The average Bonchev–Trinajstić information content (AvgIpc) is 2.65. The Hall–Kier alpha value is -1.84. The molecule has 0 saturated carbocycles. The van der Waals surface area contributed by atoms with Crippen LogP contribution in [0.3, 0.4) is 0 Å². The van der Waals surface area contributed by atoms with E-state index in [1.54, 1.807) is 23.1 Å². The maximum absolute atomic E-state index is 13.4. The summed E-state index contributed by atoms with van der Waals surface area (Å²) in [5.74, 6) is -0.940. The summed E-state index contributed by atoms with van der Waals surface area (Å²) < 4.78 is 13.4. The number of aliphatic hydroxyl groups is 2. The Balaban J connectivity index is 0.00000480. The van der Waals surface area contributed by atoms with Gasteiger partial charge in [0.15, 0.2) is 0 Å². The number of rotatable bonds is 9. The van der Waals surface area contributed by atoms with E-state index in [4.69, 9.17) is 5.11 Å². The molecule has 0 bridgehead atoms. The second kappa shape index (κ2) is 12.3. The van der Waals surface area contributed by atoms with E-state index in [1.165, 1.54) is 18.2 Å². The predicted octanol–water partition coefficient (Wildman–Crippen LogP) is 0.188. The van der Waals surface area contributed by atoms with Crippen molar-refractivity contribution >= 4 is 18.0 Å². The molecule has 0 aliphatic rings. The van der Waals surface area contributed by atoms with Crippen molar-refractivity contribution < 1.29 is 55.5 Å². The van der Waals surface area contributed by atoms with Crippen molar-refractivity contribution in [1.29, 1.82) is 0 Å². The number of aromatic nitrogens is 2. The van der Waals surface area contributed by atoms with Gasteiger partial charge in [0.2, 0.25) is 5.95 Å². The zero-order valence-corrected chi connectivity index (χ0v) is 20.6. The van der Waals surface area contributed by atoms with Crippen LogP contribution in [0.2, 0.25) is 0 Å². The second-order valence-electron chi connectivity index (χ2n) is 7.64. The Bertz CT molecular complexity index is 911. The Kier molecular flexibility index (Phi) is 10.8. The van der Waals surface area contributed by atoms with E-state index >= 15 is 0 Å². The van der Waals surface area contributed by atoms with Crippen molar-refractivity contribution in [2.45, 2.75) is 44.8 Å². The smallest absolute Gasteiger partial charge is 1.00 e. The molecule has 0 fully saturated rings. The molecule has 1 aromatic heterocycles. The van der Waals surface area contributed by atoms with Crippen LogP contribution in [0, 0.1) is 5.82 Å². The van der Waals surface area contributed by atoms with Gasteiger partial charge in [-0.25, -0.2) is 14.4 Å². The number of carbonyl (C=O) groups is 1. The normalized spacial score (nSPS) is 13.2. The van der Waals surface area contributed by atoms with Crippen molar-refractivity contribution in [2.75, 3.05) is 19.0 Å². The Morgan fingerprint density at radius 2 is 1.81 bits per heavy atom. The fourth-order valence-electron chi connectivity index (χ4n) is 2.96.